The van der Waals surface area contributed by atoms with E-state index in [-0.39, 0.29) is 34.9 Å². The number of aromatic nitrogens is 2. The summed E-state index contributed by atoms with van der Waals surface area (Å²) in [6, 6.07) is 10.7. The first kappa shape index (κ1) is 27.7. The van der Waals surface area contributed by atoms with Gasteiger partial charge in [0.05, 0.1) is 34.3 Å². The van der Waals surface area contributed by atoms with Gasteiger partial charge in [-0.1, -0.05) is 25.0 Å². The molecule has 12 heteroatoms. The fourth-order valence-corrected chi connectivity index (χ4v) is 8.09. The summed E-state index contributed by atoms with van der Waals surface area (Å²) in [5.74, 6) is -2.14. The van der Waals surface area contributed by atoms with Crippen molar-refractivity contribution in [2.24, 2.45) is 5.92 Å². The summed E-state index contributed by atoms with van der Waals surface area (Å²) < 4.78 is 52.1. The lowest BCUT2D eigenvalue weighted by molar-refractivity contribution is -0.127. The van der Waals surface area contributed by atoms with E-state index in [9.17, 15) is 27.3 Å². The van der Waals surface area contributed by atoms with Crippen LogP contribution in [-0.2, 0) is 14.6 Å². The molecule has 2 aliphatic carbocycles. The maximum Gasteiger partial charge on any atom is 0.225 e. The zero-order chi connectivity index (χ0) is 28.8. The molecule has 8 nitrogen and oxygen atoms in total. The van der Waals surface area contributed by atoms with E-state index < -0.39 is 27.0 Å². The molecule has 2 saturated carbocycles. The minimum atomic E-state index is -3.00. The zero-order valence-electron chi connectivity index (χ0n) is 22.3. The molecule has 1 amide bonds. The molecular formula is C29H29F2N5O3S2. The van der Waals surface area contributed by atoms with Crippen molar-refractivity contribution in [1.82, 2.24) is 15.3 Å². The maximum absolute atomic E-state index is 14.8. The Balaban J connectivity index is 1.37. The van der Waals surface area contributed by atoms with Crippen LogP contribution in [0.5, 0.6) is 0 Å². The predicted octanol–water partition coefficient (Wildman–Crippen LogP) is 4.83. The maximum atomic E-state index is 14.8. The second kappa shape index (κ2) is 10.8. The zero-order valence-corrected chi connectivity index (χ0v) is 23.9. The summed E-state index contributed by atoms with van der Waals surface area (Å²) >= 11 is 1.25. The molecule has 214 valence electrons. The fraction of sp³-hybridized carbons (Fsp3) is 0.448. The number of benzene rings is 1. The van der Waals surface area contributed by atoms with Crippen molar-refractivity contribution in [3.63, 3.8) is 0 Å². The Labute approximate surface area is 241 Å². The van der Waals surface area contributed by atoms with Gasteiger partial charge in [0.25, 0.3) is 0 Å². The molecule has 41 heavy (non-hydrogen) atoms. The first-order valence-corrected chi connectivity index (χ1v) is 16.4. The molecule has 2 aromatic heterocycles. The van der Waals surface area contributed by atoms with E-state index in [4.69, 9.17) is 4.98 Å². The summed E-state index contributed by atoms with van der Waals surface area (Å²) in [5.41, 5.74) is 1.59. The Morgan fingerprint density at radius 2 is 1.83 bits per heavy atom. The number of hydrogen-bond acceptors (Lipinski definition) is 8. The summed E-state index contributed by atoms with van der Waals surface area (Å²) in [7, 11) is -3.00. The molecule has 0 bridgehead atoms. The highest BCUT2D eigenvalue weighted by Gasteiger charge is 2.47. The lowest BCUT2D eigenvalue weighted by Crippen LogP contribution is -2.42. The Morgan fingerprint density at radius 1 is 1.12 bits per heavy atom. The number of halogens is 2. The number of rotatable bonds is 6. The van der Waals surface area contributed by atoms with E-state index >= 15 is 0 Å². The van der Waals surface area contributed by atoms with Crippen LogP contribution in [-0.4, -0.2) is 54.4 Å². The highest BCUT2D eigenvalue weighted by molar-refractivity contribution is 7.91. The number of anilines is 1. The van der Waals surface area contributed by atoms with E-state index in [0.29, 0.717) is 49.5 Å². The number of hydrogen-bond donors (Lipinski definition) is 1. The van der Waals surface area contributed by atoms with Gasteiger partial charge in [-0.25, -0.2) is 27.2 Å². The topological polar surface area (TPSA) is 116 Å². The van der Waals surface area contributed by atoms with E-state index in [1.54, 1.807) is 0 Å². The molecule has 1 N–H and O–H groups in total. The van der Waals surface area contributed by atoms with Crippen LogP contribution in [0.2, 0.25) is 0 Å². The SMILES string of the molecule is N#CC1(NC(=O)C2CCCCC2c2nc(-c3ncc(F)cc3F)sc2-c2ccc(N3CCS(=O)(=O)CC3)cc2)CC1. The summed E-state index contributed by atoms with van der Waals surface area (Å²) in [5, 5.41) is 12.8. The van der Waals surface area contributed by atoms with Crippen LogP contribution >= 0.6 is 11.3 Å². The monoisotopic (exact) mass is 597 g/mol. The Bertz CT molecular complexity index is 1620. The van der Waals surface area contributed by atoms with Crippen LogP contribution in [0.3, 0.4) is 0 Å². The molecule has 1 saturated heterocycles. The highest BCUT2D eigenvalue weighted by Crippen LogP contribution is 2.46. The van der Waals surface area contributed by atoms with Crippen LogP contribution in [0.4, 0.5) is 14.5 Å². The molecule has 2 unspecified atom stereocenters. The first-order chi connectivity index (χ1) is 19.7. The molecule has 3 aromatic rings. The van der Waals surface area contributed by atoms with Crippen molar-refractivity contribution >= 4 is 32.8 Å². The van der Waals surface area contributed by atoms with E-state index in [0.717, 1.165) is 41.2 Å². The number of nitrogens with zero attached hydrogens (tertiary/aromatic N) is 4. The van der Waals surface area contributed by atoms with Gasteiger partial charge in [-0.15, -0.1) is 11.3 Å². The van der Waals surface area contributed by atoms with Crippen molar-refractivity contribution in [2.45, 2.75) is 50.0 Å². The number of nitriles is 1. The third-order valence-corrected chi connectivity index (χ3v) is 11.0. The van der Waals surface area contributed by atoms with Gasteiger partial charge in [-0.3, -0.25) is 4.79 Å². The van der Waals surface area contributed by atoms with Crippen molar-refractivity contribution in [3.8, 4) is 27.2 Å². The molecule has 0 spiro atoms. The van der Waals surface area contributed by atoms with Gasteiger partial charge in [0, 0.05) is 36.7 Å². The second-order valence-electron chi connectivity index (χ2n) is 11.1. The summed E-state index contributed by atoms with van der Waals surface area (Å²) in [4.78, 5) is 25.1. The second-order valence-corrected chi connectivity index (χ2v) is 14.4. The van der Waals surface area contributed by atoms with Gasteiger partial charge >= 0.3 is 0 Å². The van der Waals surface area contributed by atoms with Gasteiger partial charge in [-0.05, 0) is 43.4 Å². The number of carbonyl (C=O) groups is 1. The Morgan fingerprint density at radius 3 is 2.49 bits per heavy atom. The molecule has 3 aliphatic rings. The van der Waals surface area contributed by atoms with Crippen LogP contribution in [0, 0.1) is 28.9 Å². The van der Waals surface area contributed by atoms with Crippen LogP contribution in [0.15, 0.2) is 36.5 Å². The van der Waals surface area contributed by atoms with E-state index in [2.05, 4.69) is 16.4 Å². The third-order valence-electron chi connectivity index (χ3n) is 8.28. The van der Waals surface area contributed by atoms with Crippen LogP contribution in [0.25, 0.3) is 21.1 Å². The normalized spacial score (nSPS) is 23.0. The van der Waals surface area contributed by atoms with Crippen LogP contribution < -0.4 is 10.2 Å². The number of nitrogens with one attached hydrogen (secondary N) is 1. The van der Waals surface area contributed by atoms with Crippen molar-refractivity contribution in [2.75, 3.05) is 29.5 Å². The molecule has 0 radical (unpaired) electrons. The average molecular weight is 598 g/mol. The van der Waals surface area contributed by atoms with Gasteiger partial charge in [0.1, 0.15) is 22.1 Å². The molecule has 3 heterocycles. The van der Waals surface area contributed by atoms with Gasteiger partial charge in [0.2, 0.25) is 5.91 Å². The van der Waals surface area contributed by atoms with Gasteiger partial charge in [0.15, 0.2) is 15.7 Å². The molecule has 6 rings (SSSR count). The standard InChI is InChI=1S/C29H29F2N5O3S2/c30-19-15-23(31)25(33-16-19)28-34-24(21-3-1-2-4-22(21)27(37)35-29(17-32)9-10-29)26(40-28)18-5-7-20(8-6-18)36-11-13-41(38,39)14-12-36/h5-8,15-16,21-22H,1-4,9-14H2,(H,35,37). The van der Waals surface area contributed by atoms with Gasteiger partial charge < -0.3 is 10.2 Å². The van der Waals surface area contributed by atoms with E-state index in [1.165, 1.54) is 11.3 Å². The Kier molecular flexibility index (Phi) is 7.28. The molecule has 1 aliphatic heterocycles. The number of amides is 1. The Hall–Kier alpha value is -3.43. The number of carbonyl (C=O) groups excluding carboxylic acids is 1. The molecular weight excluding hydrogens is 568 g/mol. The highest BCUT2D eigenvalue weighted by atomic mass is 32.2. The first-order valence-electron chi connectivity index (χ1n) is 13.8. The predicted molar refractivity (Wildman–Crippen MR) is 152 cm³/mol. The minimum absolute atomic E-state index is 0.0479. The smallest absolute Gasteiger partial charge is 0.225 e. The summed E-state index contributed by atoms with van der Waals surface area (Å²) in [6.45, 7) is 0.854. The lowest BCUT2D eigenvalue weighted by atomic mass is 9.76. The molecule has 1 aromatic carbocycles. The number of thiazole rings is 1. The number of sulfone groups is 1. The third kappa shape index (κ3) is 5.70. The minimum Gasteiger partial charge on any atom is -0.369 e. The van der Waals surface area contributed by atoms with Gasteiger partial charge in [-0.2, -0.15) is 5.26 Å². The summed E-state index contributed by atoms with van der Waals surface area (Å²) in [6.07, 6.45) is 5.41. The van der Waals surface area contributed by atoms with E-state index in [1.807, 2.05) is 29.2 Å². The largest absolute Gasteiger partial charge is 0.369 e. The van der Waals surface area contributed by atoms with Crippen molar-refractivity contribution in [3.05, 3.63) is 53.9 Å². The average Bonchev–Trinajstić information content (AvgIpc) is 3.60. The molecule has 2 atom stereocenters. The van der Waals surface area contributed by atoms with Crippen LogP contribution in [0.1, 0.15) is 50.1 Å². The van der Waals surface area contributed by atoms with Crippen molar-refractivity contribution < 1.29 is 22.0 Å². The molecule has 3 fully saturated rings. The quantitative estimate of drug-likeness (QED) is 0.433. The fourth-order valence-electron chi connectivity index (χ4n) is 5.75. The lowest BCUT2D eigenvalue weighted by Gasteiger charge is -2.31. The number of pyridine rings is 1. The van der Waals surface area contributed by atoms with Crippen molar-refractivity contribution in [1.29, 1.82) is 5.26 Å².